The number of pyridine rings is 1. The van der Waals surface area contributed by atoms with Crippen molar-refractivity contribution in [2.45, 2.75) is 40.0 Å². The van der Waals surface area contributed by atoms with Crippen LogP contribution >= 0.6 is 11.3 Å². The van der Waals surface area contributed by atoms with E-state index in [4.69, 9.17) is 10.1 Å². The van der Waals surface area contributed by atoms with Gasteiger partial charge in [-0.2, -0.15) is 5.10 Å². The van der Waals surface area contributed by atoms with Gasteiger partial charge in [-0.3, -0.25) is 14.6 Å². The molecule has 184 valence electrons. The van der Waals surface area contributed by atoms with Crippen molar-refractivity contribution >= 4 is 28.3 Å². The van der Waals surface area contributed by atoms with Crippen LogP contribution in [0.2, 0.25) is 0 Å². The van der Waals surface area contributed by atoms with Crippen LogP contribution in [0.1, 0.15) is 46.2 Å². The number of anilines is 1. The van der Waals surface area contributed by atoms with Crippen molar-refractivity contribution < 1.29 is 9.59 Å². The van der Waals surface area contributed by atoms with Crippen molar-refractivity contribution in [1.29, 1.82) is 0 Å². The van der Waals surface area contributed by atoms with E-state index in [1.54, 1.807) is 19.0 Å². The van der Waals surface area contributed by atoms with E-state index in [1.165, 1.54) is 18.3 Å². The van der Waals surface area contributed by atoms with Crippen LogP contribution in [-0.4, -0.2) is 50.6 Å². The van der Waals surface area contributed by atoms with Crippen molar-refractivity contribution in [2.24, 2.45) is 0 Å². The smallest absolute Gasteiger partial charge is 0.253 e. The number of benzene rings is 1. The Balaban J connectivity index is 1.74. The molecule has 0 bridgehead atoms. The van der Waals surface area contributed by atoms with Crippen molar-refractivity contribution in [2.75, 3.05) is 19.4 Å². The standard InChI is InChI=1S/C27H28N6O2S/c1-15-13-18(26(35)32(4)5)11-12-22(15)33-24-20(23(31-33)19-10-9-16(2)28-14-19)7-6-8-21-25(24)36-27(30-21)29-17(3)34/h9-14H,6-8H2,1-5H3,(H,29,30,34). The van der Waals surface area contributed by atoms with Gasteiger partial charge in [0.05, 0.1) is 27.6 Å². The molecule has 1 N–H and O–H groups in total. The normalized spacial score (nSPS) is 12.5. The van der Waals surface area contributed by atoms with Gasteiger partial charge in [-0.05, 0) is 69.0 Å². The summed E-state index contributed by atoms with van der Waals surface area (Å²) in [6.45, 7) is 5.46. The minimum Gasteiger partial charge on any atom is -0.345 e. The van der Waals surface area contributed by atoms with Crippen molar-refractivity contribution in [3.63, 3.8) is 0 Å². The summed E-state index contributed by atoms with van der Waals surface area (Å²) in [7, 11) is 3.50. The van der Waals surface area contributed by atoms with Gasteiger partial charge in [0.25, 0.3) is 5.91 Å². The van der Waals surface area contributed by atoms with Gasteiger partial charge in [-0.15, -0.1) is 0 Å². The maximum absolute atomic E-state index is 12.5. The maximum Gasteiger partial charge on any atom is 0.253 e. The first-order valence-corrected chi connectivity index (χ1v) is 12.7. The molecular formula is C27H28N6O2S. The van der Waals surface area contributed by atoms with E-state index < -0.39 is 0 Å². The van der Waals surface area contributed by atoms with Gasteiger partial charge in [0.15, 0.2) is 5.13 Å². The lowest BCUT2D eigenvalue weighted by Gasteiger charge is -2.14. The predicted molar refractivity (Wildman–Crippen MR) is 142 cm³/mol. The lowest BCUT2D eigenvalue weighted by atomic mass is 10.0. The van der Waals surface area contributed by atoms with Crippen LogP contribution in [0.5, 0.6) is 0 Å². The van der Waals surface area contributed by atoms with Gasteiger partial charge in [-0.25, -0.2) is 9.67 Å². The topological polar surface area (TPSA) is 93.0 Å². The molecule has 1 aliphatic carbocycles. The summed E-state index contributed by atoms with van der Waals surface area (Å²) in [5.41, 5.74) is 8.38. The summed E-state index contributed by atoms with van der Waals surface area (Å²) < 4.78 is 1.98. The second kappa shape index (κ2) is 9.31. The Hall–Kier alpha value is -3.85. The molecule has 0 saturated heterocycles. The summed E-state index contributed by atoms with van der Waals surface area (Å²) in [6.07, 6.45) is 4.47. The molecule has 9 heteroatoms. The number of thiazole rings is 1. The Morgan fingerprint density at radius 1 is 1.11 bits per heavy atom. The summed E-state index contributed by atoms with van der Waals surface area (Å²) in [5, 5.41) is 8.55. The molecule has 0 atom stereocenters. The molecule has 1 aromatic carbocycles. The minimum atomic E-state index is -0.143. The second-order valence-electron chi connectivity index (χ2n) is 9.31. The fraction of sp³-hybridized carbons (Fsp3) is 0.296. The van der Waals surface area contributed by atoms with Gasteiger partial charge in [0.1, 0.15) is 0 Å². The van der Waals surface area contributed by atoms with Crippen LogP contribution in [0.3, 0.4) is 0 Å². The summed E-state index contributed by atoms with van der Waals surface area (Å²) in [5.74, 6) is -0.184. The van der Waals surface area contributed by atoms with Crippen molar-refractivity contribution in [3.8, 4) is 27.5 Å². The number of carbonyl (C=O) groups excluding carboxylic acids is 2. The van der Waals surface area contributed by atoms with Gasteiger partial charge in [0.2, 0.25) is 5.91 Å². The average molecular weight is 501 g/mol. The van der Waals surface area contributed by atoms with E-state index in [0.717, 1.165) is 69.3 Å². The fourth-order valence-corrected chi connectivity index (χ4v) is 5.68. The average Bonchev–Trinajstić information content (AvgIpc) is 3.34. The minimum absolute atomic E-state index is 0.0416. The molecule has 0 saturated carbocycles. The first kappa shape index (κ1) is 23.9. The fourth-order valence-electron chi connectivity index (χ4n) is 4.56. The lowest BCUT2D eigenvalue weighted by molar-refractivity contribution is -0.114. The van der Waals surface area contributed by atoms with Gasteiger partial charge in [-0.1, -0.05) is 11.3 Å². The van der Waals surface area contributed by atoms with E-state index >= 15 is 0 Å². The van der Waals surface area contributed by atoms with Crippen molar-refractivity contribution in [1.82, 2.24) is 24.6 Å². The molecule has 3 heterocycles. The Morgan fingerprint density at radius 3 is 2.58 bits per heavy atom. The highest BCUT2D eigenvalue weighted by atomic mass is 32.1. The molecular weight excluding hydrogens is 472 g/mol. The Bertz CT molecular complexity index is 1480. The molecule has 4 aromatic rings. The molecule has 0 unspecified atom stereocenters. The zero-order chi connectivity index (χ0) is 25.6. The monoisotopic (exact) mass is 500 g/mol. The first-order chi connectivity index (χ1) is 17.2. The third-order valence-electron chi connectivity index (χ3n) is 6.28. The number of nitrogens with zero attached hydrogens (tertiary/aromatic N) is 5. The quantitative estimate of drug-likeness (QED) is 0.434. The largest absolute Gasteiger partial charge is 0.345 e. The van der Waals surface area contributed by atoms with Crippen LogP contribution in [-0.2, 0) is 17.6 Å². The van der Waals surface area contributed by atoms with Crippen LogP contribution in [0.25, 0.3) is 27.5 Å². The second-order valence-corrected chi connectivity index (χ2v) is 10.3. The number of aromatic nitrogens is 4. The zero-order valence-electron chi connectivity index (χ0n) is 21.0. The van der Waals surface area contributed by atoms with E-state index in [1.807, 2.05) is 49.0 Å². The molecule has 0 spiro atoms. The summed E-state index contributed by atoms with van der Waals surface area (Å²) in [4.78, 5) is 36.1. The molecule has 1 aliphatic rings. The van der Waals surface area contributed by atoms with Crippen molar-refractivity contribution in [3.05, 3.63) is 64.6 Å². The number of nitrogens with one attached hydrogen (secondary N) is 1. The van der Waals surface area contributed by atoms with Crippen LogP contribution in [0, 0.1) is 13.8 Å². The van der Waals surface area contributed by atoms with Crippen LogP contribution < -0.4 is 5.32 Å². The number of carbonyl (C=O) groups is 2. The SMILES string of the molecule is CC(=O)Nc1nc2c(s1)-c1c(c(-c3ccc(C)nc3)nn1-c1ccc(C(=O)N(C)C)cc1C)CCC2. The van der Waals surface area contributed by atoms with Crippen LogP contribution in [0.4, 0.5) is 5.13 Å². The number of hydrogen-bond donors (Lipinski definition) is 1. The highest BCUT2D eigenvalue weighted by Gasteiger charge is 2.29. The number of rotatable bonds is 4. The van der Waals surface area contributed by atoms with E-state index in [0.29, 0.717) is 10.7 Å². The van der Waals surface area contributed by atoms with E-state index in [-0.39, 0.29) is 11.8 Å². The molecule has 2 amide bonds. The zero-order valence-corrected chi connectivity index (χ0v) is 21.9. The van der Waals surface area contributed by atoms with Gasteiger partial charge < -0.3 is 10.2 Å². The number of aryl methyl sites for hydroxylation is 3. The van der Waals surface area contributed by atoms with E-state index in [9.17, 15) is 9.59 Å². The number of hydrogen-bond acceptors (Lipinski definition) is 6. The highest BCUT2D eigenvalue weighted by Crippen LogP contribution is 2.43. The lowest BCUT2D eigenvalue weighted by Crippen LogP contribution is -2.21. The summed E-state index contributed by atoms with van der Waals surface area (Å²) in [6, 6.07) is 9.77. The number of amides is 2. The molecule has 5 rings (SSSR count). The molecule has 36 heavy (non-hydrogen) atoms. The Morgan fingerprint density at radius 2 is 1.92 bits per heavy atom. The predicted octanol–water partition coefficient (Wildman–Crippen LogP) is 4.82. The molecule has 0 radical (unpaired) electrons. The summed E-state index contributed by atoms with van der Waals surface area (Å²) >= 11 is 1.48. The van der Waals surface area contributed by atoms with Gasteiger partial charge >= 0.3 is 0 Å². The molecule has 0 fully saturated rings. The molecule has 3 aromatic heterocycles. The molecule has 0 aliphatic heterocycles. The Labute approximate surface area is 214 Å². The maximum atomic E-state index is 12.5. The van der Waals surface area contributed by atoms with Crippen LogP contribution in [0.15, 0.2) is 36.5 Å². The van der Waals surface area contributed by atoms with Gasteiger partial charge in [0, 0.05) is 49.6 Å². The number of fused-ring (bicyclic) bond motifs is 3. The highest BCUT2D eigenvalue weighted by molar-refractivity contribution is 7.19. The third-order valence-corrected chi connectivity index (χ3v) is 7.30. The molecule has 8 nitrogen and oxygen atoms in total. The van der Waals surface area contributed by atoms with E-state index in [2.05, 4.69) is 16.4 Å². The third kappa shape index (κ3) is 4.30. The first-order valence-electron chi connectivity index (χ1n) is 11.9. The Kier molecular flexibility index (Phi) is 6.17.